The zero-order chi connectivity index (χ0) is 20.0. The number of rotatable bonds is 5. The smallest absolute Gasteiger partial charge is 0.332 e. The molecule has 2 aromatic heterocycles. The summed E-state index contributed by atoms with van der Waals surface area (Å²) in [5.74, 6) is 0.471. The number of nitrogens with zero attached hydrogens (tertiary/aromatic N) is 6. The van der Waals surface area contributed by atoms with E-state index in [0.29, 0.717) is 25.3 Å². The molecule has 2 aliphatic heterocycles. The molecule has 28 heavy (non-hydrogen) atoms. The fraction of sp³-hybridized carbons (Fsp3) is 0.421. The first kappa shape index (κ1) is 18.1. The van der Waals surface area contributed by atoms with Crippen molar-refractivity contribution in [3.05, 3.63) is 40.6 Å². The lowest BCUT2D eigenvalue weighted by Gasteiger charge is -2.17. The van der Waals surface area contributed by atoms with Crippen LogP contribution in [0.2, 0.25) is 0 Å². The van der Waals surface area contributed by atoms with Gasteiger partial charge in [0.1, 0.15) is 12.3 Å². The van der Waals surface area contributed by atoms with Gasteiger partial charge in [0.25, 0.3) is 5.91 Å². The summed E-state index contributed by atoms with van der Waals surface area (Å²) in [6, 6.07) is -0.332. The van der Waals surface area contributed by atoms with Crippen LogP contribution in [0, 0.1) is 13.8 Å². The van der Waals surface area contributed by atoms with Gasteiger partial charge in [0, 0.05) is 24.0 Å². The van der Waals surface area contributed by atoms with Gasteiger partial charge in [-0.05, 0) is 38.8 Å². The Morgan fingerprint density at radius 1 is 1.14 bits per heavy atom. The van der Waals surface area contributed by atoms with Crippen LogP contribution in [0.3, 0.4) is 0 Å². The molecular formula is C19H22N6O3. The normalized spacial score (nSPS) is 17.4. The number of aliphatic imine (C=N–C) groups is 1. The minimum atomic E-state index is -0.332. The number of imide groups is 1. The van der Waals surface area contributed by atoms with Crippen LogP contribution in [0.5, 0.6) is 0 Å². The van der Waals surface area contributed by atoms with E-state index in [4.69, 9.17) is 4.52 Å². The lowest BCUT2D eigenvalue weighted by atomic mass is 10.1. The summed E-state index contributed by atoms with van der Waals surface area (Å²) >= 11 is 0. The Hall–Kier alpha value is -3.23. The van der Waals surface area contributed by atoms with E-state index >= 15 is 0 Å². The number of urea groups is 1. The topological polar surface area (TPSA) is 96.8 Å². The predicted octanol–water partition coefficient (Wildman–Crippen LogP) is 2.10. The molecule has 0 aromatic carbocycles. The number of aromatic nitrogens is 3. The minimum Gasteiger partial charge on any atom is -0.361 e. The van der Waals surface area contributed by atoms with Crippen molar-refractivity contribution in [1.29, 1.82) is 0 Å². The number of hydrogen-bond acceptors (Lipinski definition) is 6. The van der Waals surface area contributed by atoms with E-state index in [1.165, 1.54) is 11.1 Å². The van der Waals surface area contributed by atoms with Gasteiger partial charge in [-0.2, -0.15) is 5.10 Å². The molecule has 0 unspecified atom stereocenters. The summed E-state index contributed by atoms with van der Waals surface area (Å²) in [5, 5.41) is 8.23. The van der Waals surface area contributed by atoms with E-state index in [1.54, 1.807) is 15.8 Å². The summed E-state index contributed by atoms with van der Waals surface area (Å²) in [4.78, 5) is 32.5. The second kappa shape index (κ2) is 6.74. The van der Waals surface area contributed by atoms with Crippen molar-refractivity contribution in [2.75, 3.05) is 24.5 Å². The fourth-order valence-electron chi connectivity index (χ4n) is 3.55. The van der Waals surface area contributed by atoms with Crippen molar-refractivity contribution in [1.82, 2.24) is 19.8 Å². The van der Waals surface area contributed by atoms with Crippen molar-refractivity contribution in [2.24, 2.45) is 4.99 Å². The molecule has 0 spiro atoms. The van der Waals surface area contributed by atoms with Crippen LogP contribution in [0.1, 0.15) is 30.9 Å². The van der Waals surface area contributed by atoms with Gasteiger partial charge in [-0.25, -0.2) is 9.69 Å². The van der Waals surface area contributed by atoms with Gasteiger partial charge < -0.3 is 9.42 Å². The van der Waals surface area contributed by atoms with Crippen molar-refractivity contribution in [2.45, 2.75) is 34.2 Å². The highest BCUT2D eigenvalue weighted by molar-refractivity contribution is 6.20. The Balaban J connectivity index is 1.51. The predicted molar refractivity (Wildman–Crippen MR) is 102 cm³/mol. The molecule has 3 amide bonds. The highest BCUT2D eigenvalue weighted by Gasteiger charge is 2.38. The lowest BCUT2D eigenvalue weighted by Crippen LogP contribution is -2.34. The Kier molecular flexibility index (Phi) is 4.37. The number of amides is 3. The zero-order valence-corrected chi connectivity index (χ0v) is 16.4. The van der Waals surface area contributed by atoms with Gasteiger partial charge in [0.2, 0.25) is 0 Å². The molecule has 2 aromatic rings. The third kappa shape index (κ3) is 3.02. The molecule has 0 radical (unpaired) electrons. The van der Waals surface area contributed by atoms with Crippen molar-refractivity contribution < 1.29 is 14.1 Å². The molecule has 0 atom stereocenters. The Morgan fingerprint density at radius 3 is 2.57 bits per heavy atom. The van der Waals surface area contributed by atoms with Gasteiger partial charge in [-0.15, -0.1) is 0 Å². The molecule has 1 fully saturated rings. The molecule has 4 heterocycles. The Bertz CT molecular complexity index is 1010. The van der Waals surface area contributed by atoms with Crippen molar-refractivity contribution in [3.63, 3.8) is 0 Å². The number of carbonyl (C=O) groups excluding carboxylic acids is 2. The van der Waals surface area contributed by atoms with Crippen LogP contribution < -0.4 is 4.90 Å². The average Bonchev–Trinajstić information content (AvgIpc) is 3.38. The maximum Gasteiger partial charge on any atom is 0.332 e. The maximum atomic E-state index is 12.9. The number of anilines is 1. The molecule has 0 N–H and O–H groups in total. The van der Waals surface area contributed by atoms with Gasteiger partial charge in [-0.1, -0.05) is 5.16 Å². The van der Waals surface area contributed by atoms with E-state index in [0.717, 1.165) is 33.9 Å². The lowest BCUT2D eigenvalue weighted by molar-refractivity contribution is -0.116. The molecule has 4 rings (SSSR count). The second-order valence-corrected chi connectivity index (χ2v) is 7.23. The van der Waals surface area contributed by atoms with E-state index in [2.05, 4.69) is 15.2 Å². The number of aryl methyl sites for hydroxylation is 2. The summed E-state index contributed by atoms with van der Waals surface area (Å²) in [6.45, 7) is 9.23. The summed E-state index contributed by atoms with van der Waals surface area (Å²) in [6.07, 6.45) is 3.22. The van der Waals surface area contributed by atoms with E-state index < -0.39 is 0 Å². The van der Waals surface area contributed by atoms with E-state index in [9.17, 15) is 9.59 Å². The van der Waals surface area contributed by atoms with E-state index in [1.807, 2.05) is 27.7 Å². The molecule has 1 saturated heterocycles. The van der Waals surface area contributed by atoms with Gasteiger partial charge in [0.15, 0.2) is 0 Å². The molecule has 2 aliphatic rings. The standard InChI is InChI=1S/C19H22N6O3/c1-11-5-20-12(2)16(11)8-23-10-18(26)25(19(23)27)15-6-21-24(7-15)9-17-13(3)22-28-14(17)4/h6-7H,5,8-10H2,1-4H3. The summed E-state index contributed by atoms with van der Waals surface area (Å²) < 4.78 is 6.84. The van der Waals surface area contributed by atoms with Gasteiger partial charge >= 0.3 is 6.03 Å². The maximum absolute atomic E-state index is 12.9. The first-order chi connectivity index (χ1) is 13.3. The van der Waals surface area contributed by atoms with Crippen molar-refractivity contribution in [3.8, 4) is 0 Å². The van der Waals surface area contributed by atoms with Gasteiger partial charge in [-0.3, -0.25) is 14.5 Å². The van der Waals surface area contributed by atoms with Crippen LogP contribution >= 0.6 is 0 Å². The quantitative estimate of drug-likeness (QED) is 0.738. The molecule has 146 valence electrons. The minimum absolute atomic E-state index is 0.0535. The summed E-state index contributed by atoms with van der Waals surface area (Å²) in [7, 11) is 0. The van der Waals surface area contributed by atoms with Gasteiger partial charge in [0.05, 0.1) is 30.7 Å². The Labute approximate surface area is 162 Å². The highest BCUT2D eigenvalue weighted by atomic mass is 16.5. The first-order valence-electron chi connectivity index (χ1n) is 9.11. The third-order valence-electron chi connectivity index (χ3n) is 5.27. The SMILES string of the molecule is CC1=NCC(C)=C1CN1CC(=O)N(c2cnn(Cc3c(C)noc3C)c2)C1=O. The molecule has 9 nitrogen and oxygen atoms in total. The zero-order valence-electron chi connectivity index (χ0n) is 16.4. The molecule has 9 heteroatoms. The number of hydrogen-bond donors (Lipinski definition) is 0. The highest BCUT2D eigenvalue weighted by Crippen LogP contribution is 2.24. The van der Waals surface area contributed by atoms with Crippen LogP contribution in [-0.4, -0.2) is 57.1 Å². The molecule has 0 aliphatic carbocycles. The summed E-state index contributed by atoms with van der Waals surface area (Å²) in [5.41, 5.74) is 5.32. The molecule has 0 bridgehead atoms. The average molecular weight is 382 g/mol. The van der Waals surface area contributed by atoms with Crippen molar-refractivity contribution >= 4 is 23.3 Å². The third-order valence-corrected chi connectivity index (χ3v) is 5.27. The van der Waals surface area contributed by atoms with Crippen LogP contribution in [0.25, 0.3) is 0 Å². The van der Waals surface area contributed by atoms with Crippen LogP contribution in [0.4, 0.5) is 10.5 Å². The van der Waals surface area contributed by atoms with Crippen LogP contribution in [0.15, 0.2) is 33.1 Å². The molecule has 0 saturated carbocycles. The van der Waals surface area contributed by atoms with Crippen LogP contribution in [-0.2, 0) is 11.3 Å². The fourth-order valence-corrected chi connectivity index (χ4v) is 3.55. The number of carbonyl (C=O) groups is 2. The Morgan fingerprint density at radius 2 is 1.93 bits per heavy atom. The second-order valence-electron chi connectivity index (χ2n) is 7.23. The first-order valence-corrected chi connectivity index (χ1v) is 9.11. The molecular weight excluding hydrogens is 360 g/mol. The van der Waals surface area contributed by atoms with E-state index in [-0.39, 0.29) is 18.5 Å². The monoisotopic (exact) mass is 382 g/mol. The largest absolute Gasteiger partial charge is 0.361 e.